The fourth-order valence-corrected chi connectivity index (χ4v) is 3.98. The van der Waals surface area contributed by atoms with Gasteiger partial charge >= 0.3 is 0 Å². The molecule has 3 rings (SSSR count). The summed E-state index contributed by atoms with van der Waals surface area (Å²) in [6, 6.07) is 10.7. The Hall–Kier alpha value is -2.16. The van der Waals surface area contributed by atoms with Crippen LogP contribution in [0, 0.1) is 6.92 Å². The van der Waals surface area contributed by atoms with Crippen molar-refractivity contribution in [3.05, 3.63) is 47.0 Å². The Labute approximate surface area is 157 Å². The molecule has 3 nitrogen and oxygen atoms in total. The quantitative estimate of drug-likeness (QED) is 0.662. The van der Waals surface area contributed by atoms with E-state index in [2.05, 4.69) is 64.6 Å². The number of benzene rings is 2. The summed E-state index contributed by atoms with van der Waals surface area (Å²) in [7, 11) is 1.70. The first-order valence-electron chi connectivity index (χ1n) is 9.52. The van der Waals surface area contributed by atoms with Crippen molar-refractivity contribution in [3.8, 4) is 11.5 Å². The van der Waals surface area contributed by atoms with Gasteiger partial charge in [-0.1, -0.05) is 27.7 Å². The second-order valence-electron chi connectivity index (χ2n) is 8.08. The SMILES string of the molecule is CCN(c1ccc(OC)cc1)c1cc2c(c(C(C)C)c1C)OCC2(C)C. The minimum absolute atomic E-state index is 0.0424. The Morgan fingerprint density at radius 2 is 1.85 bits per heavy atom. The number of hydrogen-bond donors (Lipinski definition) is 0. The summed E-state index contributed by atoms with van der Waals surface area (Å²) >= 11 is 0. The van der Waals surface area contributed by atoms with Crippen molar-refractivity contribution in [2.24, 2.45) is 0 Å². The van der Waals surface area contributed by atoms with Crippen molar-refractivity contribution >= 4 is 11.4 Å². The molecule has 0 amide bonds. The third kappa shape index (κ3) is 3.04. The maximum atomic E-state index is 6.16. The highest BCUT2D eigenvalue weighted by molar-refractivity contribution is 5.73. The Morgan fingerprint density at radius 3 is 2.38 bits per heavy atom. The Kier molecular flexibility index (Phi) is 4.92. The van der Waals surface area contributed by atoms with Crippen LogP contribution in [0.4, 0.5) is 11.4 Å². The first kappa shape index (κ1) is 18.6. The van der Waals surface area contributed by atoms with Gasteiger partial charge in [-0.3, -0.25) is 0 Å². The molecule has 140 valence electrons. The normalized spacial score (nSPS) is 14.9. The summed E-state index contributed by atoms with van der Waals surface area (Å²) in [4.78, 5) is 2.38. The van der Waals surface area contributed by atoms with Crippen molar-refractivity contribution in [3.63, 3.8) is 0 Å². The van der Waals surface area contributed by atoms with Crippen LogP contribution in [0.1, 0.15) is 57.2 Å². The first-order valence-corrected chi connectivity index (χ1v) is 9.52. The summed E-state index contributed by atoms with van der Waals surface area (Å²) in [5, 5.41) is 0. The molecule has 1 heterocycles. The third-order valence-corrected chi connectivity index (χ3v) is 5.43. The molecule has 26 heavy (non-hydrogen) atoms. The summed E-state index contributed by atoms with van der Waals surface area (Å²) in [6.07, 6.45) is 0. The number of anilines is 2. The Bertz CT molecular complexity index is 791. The van der Waals surface area contributed by atoms with Gasteiger partial charge < -0.3 is 14.4 Å². The molecule has 3 heteroatoms. The number of fused-ring (bicyclic) bond motifs is 1. The monoisotopic (exact) mass is 353 g/mol. The van der Waals surface area contributed by atoms with Gasteiger partial charge in [0.05, 0.1) is 13.7 Å². The fourth-order valence-electron chi connectivity index (χ4n) is 3.98. The van der Waals surface area contributed by atoms with Gasteiger partial charge in [0.25, 0.3) is 0 Å². The molecule has 0 aromatic heterocycles. The minimum Gasteiger partial charge on any atom is -0.497 e. The Morgan fingerprint density at radius 1 is 1.19 bits per heavy atom. The van der Waals surface area contributed by atoms with E-state index in [0.717, 1.165) is 24.7 Å². The smallest absolute Gasteiger partial charge is 0.127 e. The van der Waals surface area contributed by atoms with Crippen LogP contribution in [-0.2, 0) is 5.41 Å². The van der Waals surface area contributed by atoms with Crippen LogP contribution in [0.15, 0.2) is 30.3 Å². The number of rotatable bonds is 5. The standard InChI is InChI=1S/C23H31NO2/c1-8-24(17-9-11-18(25-7)12-10-17)20-13-19-22(26-14-23(19,5)6)21(15(2)3)16(20)4/h9-13,15H,8,14H2,1-7H3. The van der Waals surface area contributed by atoms with Crippen molar-refractivity contribution in [1.82, 2.24) is 0 Å². The second kappa shape index (κ2) is 6.86. The average molecular weight is 354 g/mol. The van der Waals surface area contributed by atoms with E-state index < -0.39 is 0 Å². The predicted octanol–water partition coefficient (Wildman–Crippen LogP) is 5.96. The van der Waals surface area contributed by atoms with Gasteiger partial charge in [0.15, 0.2) is 0 Å². The van der Waals surface area contributed by atoms with Crippen molar-refractivity contribution in [2.75, 3.05) is 25.2 Å². The number of nitrogens with zero attached hydrogens (tertiary/aromatic N) is 1. The van der Waals surface area contributed by atoms with Gasteiger partial charge in [-0.25, -0.2) is 0 Å². The highest BCUT2D eigenvalue weighted by Crippen LogP contribution is 2.48. The number of methoxy groups -OCH3 is 1. The van der Waals surface area contributed by atoms with Gasteiger partial charge in [0.1, 0.15) is 11.5 Å². The largest absolute Gasteiger partial charge is 0.497 e. The molecule has 1 aliphatic rings. The lowest BCUT2D eigenvalue weighted by atomic mass is 9.82. The maximum Gasteiger partial charge on any atom is 0.127 e. The molecule has 2 aromatic carbocycles. The van der Waals surface area contributed by atoms with E-state index in [4.69, 9.17) is 9.47 Å². The fraction of sp³-hybridized carbons (Fsp3) is 0.478. The van der Waals surface area contributed by atoms with Crippen LogP contribution in [0.25, 0.3) is 0 Å². The van der Waals surface area contributed by atoms with Gasteiger partial charge in [-0.2, -0.15) is 0 Å². The summed E-state index contributed by atoms with van der Waals surface area (Å²) in [5.41, 5.74) is 6.49. The summed E-state index contributed by atoms with van der Waals surface area (Å²) in [6.45, 7) is 15.1. The molecule has 0 saturated heterocycles. The van der Waals surface area contributed by atoms with Crippen LogP contribution in [0.3, 0.4) is 0 Å². The van der Waals surface area contributed by atoms with Gasteiger partial charge in [0, 0.05) is 34.5 Å². The lowest BCUT2D eigenvalue weighted by Crippen LogP contribution is -2.21. The molecule has 0 bridgehead atoms. The second-order valence-corrected chi connectivity index (χ2v) is 8.08. The van der Waals surface area contributed by atoms with Crippen LogP contribution < -0.4 is 14.4 Å². The van der Waals surface area contributed by atoms with Crippen LogP contribution in [-0.4, -0.2) is 20.3 Å². The molecule has 1 aliphatic heterocycles. The highest BCUT2D eigenvalue weighted by atomic mass is 16.5. The molecule has 0 N–H and O–H groups in total. The maximum absolute atomic E-state index is 6.16. The zero-order valence-electron chi connectivity index (χ0n) is 17.1. The molecular weight excluding hydrogens is 322 g/mol. The van der Waals surface area contributed by atoms with Gasteiger partial charge in [-0.05, 0) is 55.7 Å². The van der Waals surface area contributed by atoms with Crippen molar-refractivity contribution in [2.45, 2.75) is 52.9 Å². The molecule has 0 aliphatic carbocycles. The lowest BCUT2D eigenvalue weighted by Gasteiger charge is -2.29. The average Bonchev–Trinajstić information content (AvgIpc) is 2.91. The van der Waals surface area contributed by atoms with Crippen LogP contribution in [0.2, 0.25) is 0 Å². The van der Waals surface area contributed by atoms with E-state index in [-0.39, 0.29) is 5.41 Å². The van der Waals surface area contributed by atoms with E-state index >= 15 is 0 Å². The number of ether oxygens (including phenoxy) is 2. The van der Waals surface area contributed by atoms with Crippen molar-refractivity contribution in [1.29, 1.82) is 0 Å². The molecule has 0 unspecified atom stereocenters. The number of hydrogen-bond acceptors (Lipinski definition) is 3. The lowest BCUT2D eigenvalue weighted by molar-refractivity contribution is 0.288. The Balaban J connectivity index is 2.18. The van der Waals surface area contributed by atoms with Gasteiger partial charge in [0.2, 0.25) is 0 Å². The van der Waals surface area contributed by atoms with Crippen LogP contribution >= 0.6 is 0 Å². The first-order chi connectivity index (χ1) is 12.3. The molecule has 0 atom stereocenters. The van der Waals surface area contributed by atoms with E-state index in [9.17, 15) is 0 Å². The van der Waals surface area contributed by atoms with E-state index in [1.807, 2.05) is 12.1 Å². The topological polar surface area (TPSA) is 21.7 Å². The zero-order valence-corrected chi connectivity index (χ0v) is 17.1. The van der Waals surface area contributed by atoms with Crippen LogP contribution in [0.5, 0.6) is 11.5 Å². The van der Waals surface area contributed by atoms with Gasteiger partial charge in [-0.15, -0.1) is 0 Å². The molecule has 0 fully saturated rings. The van der Waals surface area contributed by atoms with Crippen molar-refractivity contribution < 1.29 is 9.47 Å². The summed E-state index contributed by atoms with van der Waals surface area (Å²) in [5.74, 6) is 2.41. The predicted molar refractivity (Wildman–Crippen MR) is 109 cm³/mol. The van der Waals surface area contributed by atoms with E-state index in [0.29, 0.717) is 5.92 Å². The highest BCUT2D eigenvalue weighted by Gasteiger charge is 2.36. The van der Waals surface area contributed by atoms with E-state index in [1.165, 1.54) is 28.1 Å². The third-order valence-electron chi connectivity index (χ3n) is 5.43. The molecular formula is C23H31NO2. The molecule has 0 saturated carbocycles. The van der Waals surface area contributed by atoms with E-state index in [1.54, 1.807) is 7.11 Å². The zero-order chi connectivity index (χ0) is 19.1. The molecule has 0 radical (unpaired) electrons. The molecule has 0 spiro atoms. The minimum atomic E-state index is 0.0424. The summed E-state index contributed by atoms with van der Waals surface area (Å²) < 4.78 is 11.5. The molecule has 2 aromatic rings.